The van der Waals surface area contributed by atoms with E-state index < -0.39 is 9.04 Å². The molecule has 0 aliphatic carbocycles. The highest BCUT2D eigenvalue weighted by molar-refractivity contribution is 6.66. The molecule has 0 bridgehead atoms. The Kier molecular flexibility index (Phi) is 4.84. The Morgan fingerprint density at radius 1 is 0.636 bits per heavy atom. The minimum absolute atomic E-state index is 0.0125. The third-order valence-electron chi connectivity index (χ3n) is 3.68. The van der Waals surface area contributed by atoms with Crippen LogP contribution >= 0.6 is 0 Å². The fraction of sp³-hybridized carbons (Fsp3) is 0.100. The van der Waals surface area contributed by atoms with Crippen LogP contribution in [0.25, 0.3) is 0 Å². The molecule has 3 rings (SSSR count). The van der Waals surface area contributed by atoms with Crippen LogP contribution < -0.4 is 5.19 Å². The summed E-state index contributed by atoms with van der Waals surface area (Å²) >= 11 is 0. The Balaban J connectivity index is 1.90. The number of benzene rings is 3. The van der Waals surface area contributed by atoms with Crippen LogP contribution in [0.4, 0.5) is 0 Å². The normalized spacial score (nSPS) is 11.0. The summed E-state index contributed by atoms with van der Waals surface area (Å²) in [5.74, 6) is 0. The first kappa shape index (κ1) is 14.8. The summed E-state index contributed by atoms with van der Waals surface area (Å²) in [7, 11) is -1.06. The predicted octanol–water partition coefficient (Wildman–Crippen LogP) is 4.32. The van der Waals surface area contributed by atoms with Crippen molar-refractivity contribution in [3.8, 4) is 0 Å². The van der Waals surface area contributed by atoms with E-state index in [0.717, 1.165) is 0 Å². The average molecular weight is 303 g/mol. The predicted molar refractivity (Wildman–Crippen MR) is 93.5 cm³/mol. The fourth-order valence-electron chi connectivity index (χ4n) is 2.50. The molecular weight excluding hydrogens is 284 g/mol. The molecule has 0 saturated carbocycles. The maximum atomic E-state index is 6.51. The second kappa shape index (κ2) is 7.21. The van der Waals surface area contributed by atoms with Gasteiger partial charge in [0.25, 0.3) is 0 Å². The van der Waals surface area contributed by atoms with E-state index in [4.69, 9.17) is 4.43 Å². The second-order valence-electron chi connectivity index (χ2n) is 5.24. The van der Waals surface area contributed by atoms with E-state index in [1.165, 1.54) is 16.3 Å². The summed E-state index contributed by atoms with van der Waals surface area (Å²) < 4.78 is 6.51. The zero-order valence-corrected chi connectivity index (χ0v) is 13.6. The highest BCUT2D eigenvalue weighted by atomic mass is 28.3. The van der Waals surface area contributed by atoms with Gasteiger partial charge < -0.3 is 4.43 Å². The zero-order valence-electron chi connectivity index (χ0n) is 12.6. The molecule has 0 N–H and O–H groups in total. The van der Waals surface area contributed by atoms with Gasteiger partial charge in [0.2, 0.25) is 9.04 Å². The Morgan fingerprint density at radius 3 is 1.50 bits per heavy atom. The molecule has 0 atom stereocenters. The summed E-state index contributed by atoms with van der Waals surface area (Å²) in [6.07, 6.45) is -0.0125. The summed E-state index contributed by atoms with van der Waals surface area (Å²) in [5, 5.41) is 1.30. The second-order valence-corrected chi connectivity index (χ2v) is 7.17. The minimum Gasteiger partial charge on any atom is -0.401 e. The largest absolute Gasteiger partial charge is 0.401 e. The van der Waals surface area contributed by atoms with Gasteiger partial charge in [0, 0.05) is 0 Å². The van der Waals surface area contributed by atoms with E-state index in [-0.39, 0.29) is 6.10 Å². The molecule has 22 heavy (non-hydrogen) atoms. The van der Waals surface area contributed by atoms with Crippen molar-refractivity contribution in [2.24, 2.45) is 0 Å². The molecule has 0 heterocycles. The molecule has 1 nitrogen and oxygen atoms in total. The molecule has 0 aliphatic rings. The third-order valence-corrected chi connectivity index (χ3v) is 5.42. The Morgan fingerprint density at radius 2 is 1.05 bits per heavy atom. The molecule has 0 aliphatic heterocycles. The summed E-state index contributed by atoms with van der Waals surface area (Å²) in [6.45, 7) is 2.21. The van der Waals surface area contributed by atoms with Crippen LogP contribution in [0.15, 0.2) is 91.0 Å². The molecule has 0 spiro atoms. The molecule has 2 heteroatoms. The van der Waals surface area contributed by atoms with Gasteiger partial charge in [-0.3, -0.25) is 0 Å². The maximum Gasteiger partial charge on any atom is 0.244 e. The van der Waals surface area contributed by atoms with Gasteiger partial charge in [0.05, 0.1) is 6.10 Å². The van der Waals surface area contributed by atoms with Crippen molar-refractivity contribution in [3.05, 3.63) is 102 Å². The standard InChI is InChI=1S/C20H19OSi/c1-22(19-15-9-4-10-16-19)21-20(17-11-5-2-6-12-17)18-13-7-3-8-14-18/h2-16,20H,1H3. The molecule has 3 aromatic carbocycles. The van der Waals surface area contributed by atoms with Crippen LogP contribution in [0.5, 0.6) is 0 Å². The highest BCUT2D eigenvalue weighted by Crippen LogP contribution is 2.26. The molecule has 0 amide bonds. The minimum atomic E-state index is -1.06. The fourth-order valence-corrected chi connectivity index (χ4v) is 3.93. The summed E-state index contributed by atoms with van der Waals surface area (Å²) in [4.78, 5) is 0. The van der Waals surface area contributed by atoms with Crippen molar-refractivity contribution < 1.29 is 4.43 Å². The smallest absolute Gasteiger partial charge is 0.244 e. The van der Waals surface area contributed by atoms with Gasteiger partial charge in [0.1, 0.15) is 0 Å². The molecule has 0 saturated heterocycles. The van der Waals surface area contributed by atoms with Gasteiger partial charge in [-0.1, -0.05) is 91.0 Å². The lowest BCUT2D eigenvalue weighted by atomic mass is 10.0. The van der Waals surface area contributed by atoms with E-state index in [1.54, 1.807) is 0 Å². The summed E-state index contributed by atoms with van der Waals surface area (Å²) in [6, 6.07) is 31.4. The van der Waals surface area contributed by atoms with Crippen molar-refractivity contribution in [3.63, 3.8) is 0 Å². The van der Waals surface area contributed by atoms with E-state index in [0.29, 0.717) is 0 Å². The van der Waals surface area contributed by atoms with Crippen LogP contribution in [0, 0.1) is 0 Å². The summed E-state index contributed by atoms with van der Waals surface area (Å²) in [5.41, 5.74) is 2.41. The molecule has 1 radical (unpaired) electrons. The molecular formula is C20H19OSi. The van der Waals surface area contributed by atoms with Crippen LogP contribution in [-0.2, 0) is 4.43 Å². The molecule has 0 unspecified atom stereocenters. The van der Waals surface area contributed by atoms with Gasteiger partial charge in [0.15, 0.2) is 0 Å². The lowest BCUT2D eigenvalue weighted by molar-refractivity contribution is 0.255. The lowest BCUT2D eigenvalue weighted by Gasteiger charge is -2.23. The molecule has 0 aromatic heterocycles. The monoisotopic (exact) mass is 303 g/mol. The van der Waals surface area contributed by atoms with Gasteiger partial charge >= 0.3 is 0 Å². The first-order valence-corrected chi connectivity index (χ1v) is 9.41. The van der Waals surface area contributed by atoms with E-state index in [9.17, 15) is 0 Å². The van der Waals surface area contributed by atoms with E-state index in [1.807, 2.05) is 18.2 Å². The Hall–Kier alpha value is -2.16. The first-order chi connectivity index (χ1) is 10.8. The lowest BCUT2D eigenvalue weighted by Crippen LogP contribution is -2.31. The van der Waals surface area contributed by atoms with Crippen molar-refractivity contribution >= 4 is 14.2 Å². The van der Waals surface area contributed by atoms with Crippen LogP contribution in [0.2, 0.25) is 6.55 Å². The SMILES string of the molecule is C[Si](OC(c1ccccc1)c1ccccc1)c1ccccc1. The van der Waals surface area contributed by atoms with Gasteiger partial charge in [-0.15, -0.1) is 0 Å². The molecule has 0 fully saturated rings. The molecule has 109 valence electrons. The van der Waals surface area contributed by atoms with Crippen molar-refractivity contribution in [1.29, 1.82) is 0 Å². The van der Waals surface area contributed by atoms with E-state index in [2.05, 4.69) is 79.3 Å². The highest BCUT2D eigenvalue weighted by Gasteiger charge is 2.20. The number of hydrogen-bond acceptors (Lipinski definition) is 1. The average Bonchev–Trinajstić information content (AvgIpc) is 2.62. The maximum absolute atomic E-state index is 6.51. The van der Waals surface area contributed by atoms with Gasteiger partial charge in [-0.05, 0) is 22.9 Å². The van der Waals surface area contributed by atoms with Crippen LogP contribution in [0.1, 0.15) is 17.2 Å². The van der Waals surface area contributed by atoms with Crippen molar-refractivity contribution in [2.75, 3.05) is 0 Å². The van der Waals surface area contributed by atoms with Crippen molar-refractivity contribution in [1.82, 2.24) is 0 Å². The van der Waals surface area contributed by atoms with Crippen LogP contribution in [0.3, 0.4) is 0 Å². The molecule has 3 aromatic rings. The van der Waals surface area contributed by atoms with Crippen LogP contribution in [-0.4, -0.2) is 9.04 Å². The zero-order chi connectivity index (χ0) is 15.2. The quantitative estimate of drug-likeness (QED) is 0.638. The number of hydrogen-bond donors (Lipinski definition) is 0. The van der Waals surface area contributed by atoms with Gasteiger partial charge in [-0.25, -0.2) is 0 Å². The third kappa shape index (κ3) is 3.53. The topological polar surface area (TPSA) is 9.23 Å². The van der Waals surface area contributed by atoms with E-state index >= 15 is 0 Å². The Bertz CT molecular complexity index is 643. The Labute approximate surface area is 133 Å². The number of rotatable bonds is 5. The van der Waals surface area contributed by atoms with Gasteiger partial charge in [-0.2, -0.15) is 0 Å². The first-order valence-electron chi connectivity index (χ1n) is 7.50. The van der Waals surface area contributed by atoms with Crippen molar-refractivity contribution in [2.45, 2.75) is 12.7 Å².